The summed E-state index contributed by atoms with van der Waals surface area (Å²) in [6.45, 7) is 3.75. The summed E-state index contributed by atoms with van der Waals surface area (Å²) < 4.78 is 5.44. The van der Waals surface area contributed by atoms with Gasteiger partial charge >= 0.3 is 0 Å². The predicted octanol–water partition coefficient (Wildman–Crippen LogP) is 3.72. The lowest BCUT2D eigenvalue weighted by atomic mass is 9.99. The van der Waals surface area contributed by atoms with Crippen LogP contribution in [0.2, 0.25) is 0 Å². The fraction of sp³-hybridized carbons (Fsp3) is 0.263. The molecule has 2 heterocycles. The number of furan rings is 1. The Morgan fingerprint density at radius 1 is 1.21 bits per heavy atom. The number of ketones is 1. The van der Waals surface area contributed by atoms with Crippen LogP contribution in [0.25, 0.3) is 0 Å². The lowest BCUT2D eigenvalue weighted by Gasteiger charge is -2.25. The zero-order valence-electron chi connectivity index (χ0n) is 13.7. The SMILES string of the molecule is CCC(=O)C1=C(O)C(=O)N(c2ccc(CC)cc2)C1c1ccco1. The molecule has 1 unspecified atom stereocenters. The van der Waals surface area contributed by atoms with E-state index in [4.69, 9.17) is 4.42 Å². The molecule has 2 aromatic rings. The van der Waals surface area contributed by atoms with Crippen molar-refractivity contribution in [1.29, 1.82) is 0 Å². The Hall–Kier alpha value is -2.82. The van der Waals surface area contributed by atoms with Gasteiger partial charge in [-0.25, -0.2) is 0 Å². The van der Waals surface area contributed by atoms with Crippen LogP contribution in [0.3, 0.4) is 0 Å². The molecule has 0 radical (unpaired) electrons. The van der Waals surface area contributed by atoms with Gasteiger partial charge in [0, 0.05) is 12.1 Å². The Morgan fingerprint density at radius 2 is 1.92 bits per heavy atom. The highest BCUT2D eigenvalue weighted by Gasteiger charge is 2.45. The molecular formula is C19H19NO4. The fourth-order valence-electron chi connectivity index (χ4n) is 2.96. The van der Waals surface area contributed by atoms with Gasteiger partial charge in [-0.1, -0.05) is 26.0 Å². The van der Waals surface area contributed by atoms with Crippen LogP contribution in [0, 0.1) is 0 Å². The molecule has 0 bridgehead atoms. The minimum Gasteiger partial charge on any atom is -0.503 e. The van der Waals surface area contributed by atoms with Gasteiger partial charge in [-0.15, -0.1) is 0 Å². The molecule has 0 aliphatic carbocycles. The highest BCUT2D eigenvalue weighted by molar-refractivity contribution is 6.16. The van der Waals surface area contributed by atoms with Crippen molar-refractivity contribution in [1.82, 2.24) is 0 Å². The van der Waals surface area contributed by atoms with Gasteiger partial charge in [-0.2, -0.15) is 0 Å². The second kappa shape index (κ2) is 6.35. The Kier molecular flexibility index (Phi) is 4.25. The zero-order chi connectivity index (χ0) is 17.3. The first-order chi connectivity index (χ1) is 11.6. The zero-order valence-corrected chi connectivity index (χ0v) is 13.7. The van der Waals surface area contributed by atoms with Crippen molar-refractivity contribution < 1.29 is 19.1 Å². The average molecular weight is 325 g/mol. The molecule has 0 fully saturated rings. The van der Waals surface area contributed by atoms with Crippen molar-refractivity contribution in [3.63, 3.8) is 0 Å². The number of rotatable bonds is 5. The summed E-state index contributed by atoms with van der Waals surface area (Å²) in [6, 6.07) is 10.1. The number of Topliss-reactive ketones (excluding diaryl/α,β-unsaturated/α-hetero) is 1. The lowest BCUT2D eigenvalue weighted by Crippen LogP contribution is -2.30. The summed E-state index contributed by atoms with van der Waals surface area (Å²) >= 11 is 0. The third-order valence-electron chi connectivity index (χ3n) is 4.27. The predicted molar refractivity (Wildman–Crippen MR) is 89.7 cm³/mol. The molecule has 1 N–H and O–H groups in total. The molecule has 1 aromatic heterocycles. The number of aliphatic hydroxyl groups excluding tert-OH is 1. The van der Waals surface area contributed by atoms with Crippen LogP contribution >= 0.6 is 0 Å². The Labute approximate surface area is 140 Å². The summed E-state index contributed by atoms with van der Waals surface area (Å²) in [5.41, 5.74) is 1.85. The molecule has 0 saturated heterocycles. The Balaban J connectivity index is 2.11. The largest absolute Gasteiger partial charge is 0.503 e. The molecule has 1 aliphatic heterocycles. The smallest absolute Gasteiger partial charge is 0.294 e. The van der Waals surface area contributed by atoms with Crippen LogP contribution < -0.4 is 4.90 Å². The molecule has 5 heteroatoms. The molecule has 3 rings (SSSR count). The van der Waals surface area contributed by atoms with E-state index in [0.717, 1.165) is 12.0 Å². The highest BCUT2D eigenvalue weighted by Crippen LogP contribution is 2.41. The number of nitrogens with zero attached hydrogens (tertiary/aromatic N) is 1. The number of hydrogen-bond donors (Lipinski definition) is 1. The van der Waals surface area contributed by atoms with Gasteiger partial charge in [0.2, 0.25) is 0 Å². The maximum absolute atomic E-state index is 12.6. The van der Waals surface area contributed by atoms with Crippen molar-refractivity contribution in [3.8, 4) is 0 Å². The molecule has 1 aliphatic rings. The standard InChI is InChI=1S/C19H19NO4/c1-3-12-7-9-13(10-8-12)20-17(15-6-5-11-24-15)16(14(21)4-2)18(22)19(20)23/h5-11,17,22H,3-4H2,1-2H3. The average Bonchev–Trinajstić information content (AvgIpc) is 3.22. The topological polar surface area (TPSA) is 70.8 Å². The summed E-state index contributed by atoms with van der Waals surface area (Å²) in [6.07, 6.45) is 2.58. The van der Waals surface area contributed by atoms with E-state index in [1.54, 1.807) is 19.1 Å². The fourth-order valence-corrected chi connectivity index (χ4v) is 2.96. The Morgan fingerprint density at radius 3 is 2.46 bits per heavy atom. The van der Waals surface area contributed by atoms with Crippen molar-refractivity contribution in [3.05, 3.63) is 65.3 Å². The van der Waals surface area contributed by atoms with Gasteiger partial charge < -0.3 is 9.52 Å². The maximum atomic E-state index is 12.6. The molecule has 1 aromatic carbocycles. The van der Waals surface area contributed by atoms with Crippen LogP contribution in [0.1, 0.15) is 37.6 Å². The van der Waals surface area contributed by atoms with Crippen molar-refractivity contribution >= 4 is 17.4 Å². The maximum Gasteiger partial charge on any atom is 0.294 e. The third-order valence-corrected chi connectivity index (χ3v) is 4.27. The van der Waals surface area contributed by atoms with Gasteiger partial charge in [0.25, 0.3) is 5.91 Å². The number of aryl methyl sites for hydroxylation is 1. The van der Waals surface area contributed by atoms with E-state index in [9.17, 15) is 14.7 Å². The van der Waals surface area contributed by atoms with E-state index in [0.29, 0.717) is 11.4 Å². The van der Waals surface area contributed by atoms with E-state index in [1.165, 1.54) is 11.2 Å². The second-order valence-electron chi connectivity index (χ2n) is 5.65. The highest BCUT2D eigenvalue weighted by atomic mass is 16.3. The normalized spacial score (nSPS) is 17.7. The van der Waals surface area contributed by atoms with Gasteiger partial charge in [0.15, 0.2) is 11.5 Å². The molecule has 1 atom stereocenters. The third kappa shape index (κ3) is 2.52. The van der Waals surface area contributed by atoms with Crippen LogP contribution in [-0.2, 0) is 16.0 Å². The van der Waals surface area contributed by atoms with Gasteiger partial charge in [0.1, 0.15) is 11.8 Å². The number of benzene rings is 1. The number of anilines is 1. The minimum atomic E-state index is -0.743. The number of carbonyl (C=O) groups is 2. The van der Waals surface area contributed by atoms with E-state index >= 15 is 0 Å². The van der Waals surface area contributed by atoms with Crippen LogP contribution in [0.15, 0.2) is 58.4 Å². The number of amides is 1. The molecule has 0 spiro atoms. The van der Waals surface area contributed by atoms with Gasteiger partial charge in [-0.3, -0.25) is 14.5 Å². The monoisotopic (exact) mass is 325 g/mol. The molecule has 1 amide bonds. The van der Waals surface area contributed by atoms with Crippen molar-refractivity contribution in [2.75, 3.05) is 4.90 Å². The van der Waals surface area contributed by atoms with Crippen molar-refractivity contribution in [2.45, 2.75) is 32.7 Å². The van der Waals surface area contributed by atoms with E-state index in [2.05, 4.69) is 0 Å². The quantitative estimate of drug-likeness (QED) is 0.909. The van der Waals surface area contributed by atoms with Crippen LogP contribution in [0.5, 0.6) is 0 Å². The van der Waals surface area contributed by atoms with Crippen LogP contribution in [0.4, 0.5) is 5.69 Å². The summed E-state index contributed by atoms with van der Waals surface area (Å²) in [4.78, 5) is 26.3. The van der Waals surface area contributed by atoms with E-state index < -0.39 is 17.7 Å². The molecule has 124 valence electrons. The number of carbonyl (C=O) groups excluding carboxylic acids is 2. The van der Waals surface area contributed by atoms with Gasteiger partial charge in [-0.05, 0) is 36.2 Å². The molecule has 5 nitrogen and oxygen atoms in total. The number of hydrogen-bond acceptors (Lipinski definition) is 4. The van der Waals surface area contributed by atoms with Crippen LogP contribution in [-0.4, -0.2) is 16.8 Å². The summed E-state index contributed by atoms with van der Waals surface area (Å²) in [5, 5.41) is 10.3. The molecular weight excluding hydrogens is 306 g/mol. The molecule has 0 saturated carbocycles. The second-order valence-corrected chi connectivity index (χ2v) is 5.65. The summed E-state index contributed by atoms with van der Waals surface area (Å²) in [5.74, 6) is -0.904. The first-order valence-corrected chi connectivity index (χ1v) is 8.00. The van der Waals surface area contributed by atoms with E-state index in [1.807, 2.05) is 31.2 Å². The Bertz CT molecular complexity index is 787. The lowest BCUT2D eigenvalue weighted by molar-refractivity contribution is -0.118. The van der Waals surface area contributed by atoms with E-state index in [-0.39, 0.29) is 17.8 Å². The summed E-state index contributed by atoms with van der Waals surface area (Å²) in [7, 11) is 0. The van der Waals surface area contributed by atoms with Crippen molar-refractivity contribution in [2.24, 2.45) is 0 Å². The number of aliphatic hydroxyl groups is 1. The first kappa shape index (κ1) is 16.1. The van der Waals surface area contributed by atoms with Gasteiger partial charge in [0.05, 0.1) is 11.8 Å². The molecule has 24 heavy (non-hydrogen) atoms. The first-order valence-electron chi connectivity index (χ1n) is 8.00. The minimum absolute atomic E-state index is 0.0945.